The van der Waals surface area contributed by atoms with Crippen LogP contribution in [0.2, 0.25) is 0 Å². The number of nitrogens with one attached hydrogen (secondary N) is 2. The number of H-pyrrole nitrogens is 1. The number of aromatic nitrogens is 2. The summed E-state index contributed by atoms with van der Waals surface area (Å²) in [5.41, 5.74) is 0.647. The van der Waals surface area contributed by atoms with E-state index in [-0.39, 0.29) is 11.5 Å². The van der Waals surface area contributed by atoms with Gasteiger partial charge in [-0.2, -0.15) is 5.26 Å². The van der Waals surface area contributed by atoms with Crippen LogP contribution in [0.5, 0.6) is 0 Å². The van der Waals surface area contributed by atoms with Crippen molar-refractivity contribution in [2.24, 2.45) is 0 Å². The van der Waals surface area contributed by atoms with E-state index < -0.39 is 5.25 Å². The number of carbonyl (C=O) groups excluding carboxylic acids is 1. The number of hydrogen-bond donors (Lipinski definition) is 2. The minimum atomic E-state index is -0.489. The Morgan fingerprint density at radius 2 is 2.21 bits per heavy atom. The van der Waals surface area contributed by atoms with Gasteiger partial charge in [0.1, 0.15) is 10.9 Å². The fraction of sp³-hybridized carbons (Fsp3) is 0.125. The highest BCUT2D eigenvalue weighted by atomic mass is 32.2. The number of aromatic amines is 1. The Hall–Kier alpha value is -2.63. The zero-order valence-corrected chi connectivity index (χ0v) is 14.2. The summed E-state index contributed by atoms with van der Waals surface area (Å²) in [6.45, 7) is 1.72. The number of nitriles is 1. The minimum Gasteiger partial charge on any atom is -0.324 e. The van der Waals surface area contributed by atoms with Crippen LogP contribution in [0.1, 0.15) is 12.5 Å². The zero-order chi connectivity index (χ0) is 17.1. The SMILES string of the molecule is C[C@@H](Sc1nc2sccc2c(=O)[nH]1)C(=O)Nc1ccccc1C#N. The molecule has 0 fully saturated rings. The highest BCUT2D eigenvalue weighted by Crippen LogP contribution is 2.23. The molecule has 0 saturated carbocycles. The molecule has 0 aliphatic heterocycles. The molecular weight excluding hydrogens is 344 g/mol. The van der Waals surface area contributed by atoms with Crippen molar-refractivity contribution >= 4 is 44.9 Å². The van der Waals surface area contributed by atoms with Gasteiger partial charge < -0.3 is 10.3 Å². The molecule has 0 spiro atoms. The summed E-state index contributed by atoms with van der Waals surface area (Å²) in [5.74, 6) is -0.267. The summed E-state index contributed by atoms with van der Waals surface area (Å²) in [6.07, 6.45) is 0. The lowest BCUT2D eigenvalue weighted by molar-refractivity contribution is -0.115. The predicted octanol–water partition coefficient (Wildman–Crippen LogP) is 2.98. The van der Waals surface area contributed by atoms with Crippen LogP contribution in [-0.2, 0) is 4.79 Å². The second-order valence-electron chi connectivity index (χ2n) is 4.92. The van der Waals surface area contributed by atoms with Crippen LogP contribution in [0.3, 0.4) is 0 Å². The number of benzene rings is 1. The largest absolute Gasteiger partial charge is 0.324 e. The monoisotopic (exact) mass is 356 g/mol. The quantitative estimate of drug-likeness (QED) is 0.553. The van der Waals surface area contributed by atoms with Crippen molar-refractivity contribution in [3.8, 4) is 6.07 Å². The van der Waals surface area contributed by atoms with Crippen molar-refractivity contribution in [2.45, 2.75) is 17.3 Å². The summed E-state index contributed by atoms with van der Waals surface area (Å²) < 4.78 is 0. The zero-order valence-electron chi connectivity index (χ0n) is 12.6. The molecule has 0 aliphatic rings. The first-order valence-electron chi connectivity index (χ1n) is 7.02. The van der Waals surface area contributed by atoms with Crippen LogP contribution >= 0.6 is 23.1 Å². The average Bonchev–Trinajstić information content (AvgIpc) is 3.04. The summed E-state index contributed by atoms with van der Waals surface area (Å²) in [6, 6.07) is 10.5. The summed E-state index contributed by atoms with van der Waals surface area (Å²) >= 11 is 2.54. The van der Waals surface area contributed by atoms with Gasteiger partial charge in [-0.3, -0.25) is 9.59 Å². The van der Waals surface area contributed by atoms with Gasteiger partial charge in [-0.05, 0) is 30.5 Å². The summed E-state index contributed by atoms with van der Waals surface area (Å²) in [4.78, 5) is 31.9. The van der Waals surface area contributed by atoms with E-state index in [1.165, 1.54) is 11.3 Å². The van der Waals surface area contributed by atoms with Gasteiger partial charge in [0.2, 0.25) is 5.91 Å². The van der Waals surface area contributed by atoms with Crippen molar-refractivity contribution in [2.75, 3.05) is 5.32 Å². The molecule has 0 saturated heterocycles. The van der Waals surface area contributed by atoms with Gasteiger partial charge in [0.25, 0.3) is 5.56 Å². The second kappa shape index (κ2) is 6.86. The Bertz CT molecular complexity index is 1000. The summed E-state index contributed by atoms with van der Waals surface area (Å²) in [5, 5.41) is 14.0. The molecule has 3 rings (SSSR count). The van der Waals surface area contributed by atoms with Crippen LogP contribution in [-0.4, -0.2) is 21.1 Å². The molecule has 24 heavy (non-hydrogen) atoms. The molecule has 1 atom stereocenters. The fourth-order valence-electron chi connectivity index (χ4n) is 2.05. The van der Waals surface area contributed by atoms with Crippen LogP contribution < -0.4 is 10.9 Å². The third kappa shape index (κ3) is 3.32. The molecule has 0 radical (unpaired) electrons. The van der Waals surface area contributed by atoms with Crippen LogP contribution in [0.25, 0.3) is 10.2 Å². The van der Waals surface area contributed by atoms with Crippen molar-refractivity contribution < 1.29 is 4.79 Å². The van der Waals surface area contributed by atoms with Gasteiger partial charge in [-0.15, -0.1) is 11.3 Å². The fourth-order valence-corrected chi connectivity index (χ4v) is 3.67. The lowest BCUT2D eigenvalue weighted by Gasteiger charge is -2.12. The highest BCUT2D eigenvalue weighted by Gasteiger charge is 2.18. The lowest BCUT2D eigenvalue weighted by Crippen LogP contribution is -2.23. The smallest absolute Gasteiger partial charge is 0.260 e. The number of amides is 1. The maximum absolute atomic E-state index is 12.3. The maximum Gasteiger partial charge on any atom is 0.260 e. The second-order valence-corrected chi connectivity index (χ2v) is 7.14. The lowest BCUT2D eigenvalue weighted by atomic mass is 10.2. The third-order valence-electron chi connectivity index (χ3n) is 3.28. The molecule has 6 nitrogen and oxygen atoms in total. The average molecular weight is 356 g/mol. The predicted molar refractivity (Wildman–Crippen MR) is 95.3 cm³/mol. The molecule has 1 aromatic carbocycles. The van der Waals surface area contributed by atoms with E-state index >= 15 is 0 Å². The molecule has 2 heterocycles. The van der Waals surface area contributed by atoms with Gasteiger partial charge in [-0.1, -0.05) is 23.9 Å². The van der Waals surface area contributed by atoms with Gasteiger partial charge in [0.15, 0.2) is 5.16 Å². The molecule has 1 amide bonds. The number of fused-ring (bicyclic) bond motifs is 1. The van der Waals surface area contributed by atoms with E-state index in [1.807, 2.05) is 6.07 Å². The molecule has 0 aliphatic carbocycles. The van der Waals surface area contributed by atoms with Crippen molar-refractivity contribution in [1.82, 2.24) is 9.97 Å². The Labute approximate surface area is 145 Å². The standard InChI is InChI=1S/C16H12N4O2S2/c1-9(13(21)18-12-5-3-2-4-10(12)8-17)24-16-19-14(22)11-6-7-23-15(11)20-16/h2-7,9H,1H3,(H,18,21)(H,19,20,22)/t9-/m1/s1. The molecule has 0 bridgehead atoms. The molecular formula is C16H12N4O2S2. The molecule has 0 unspecified atom stereocenters. The normalized spacial score (nSPS) is 11.8. The van der Waals surface area contributed by atoms with E-state index in [9.17, 15) is 9.59 Å². The van der Waals surface area contributed by atoms with Crippen LogP contribution in [0.15, 0.2) is 45.7 Å². The van der Waals surface area contributed by atoms with Crippen LogP contribution in [0, 0.1) is 11.3 Å². The number of rotatable bonds is 4. The number of para-hydroxylation sites is 1. The van der Waals surface area contributed by atoms with Crippen molar-refractivity contribution in [1.29, 1.82) is 5.26 Å². The molecule has 2 aromatic heterocycles. The van der Waals surface area contributed by atoms with E-state index in [0.29, 0.717) is 26.6 Å². The first-order chi connectivity index (χ1) is 11.6. The van der Waals surface area contributed by atoms with E-state index in [4.69, 9.17) is 5.26 Å². The molecule has 2 N–H and O–H groups in total. The molecule has 120 valence electrons. The summed E-state index contributed by atoms with van der Waals surface area (Å²) in [7, 11) is 0. The first-order valence-corrected chi connectivity index (χ1v) is 8.78. The van der Waals surface area contributed by atoms with Gasteiger partial charge in [0.05, 0.1) is 21.9 Å². The minimum absolute atomic E-state index is 0.216. The van der Waals surface area contributed by atoms with Crippen molar-refractivity contribution in [3.63, 3.8) is 0 Å². The van der Waals surface area contributed by atoms with E-state index in [1.54, 1.807) is 42.6 Å². The number of anilines is 1. The third-order valence-corrected chi connectivity index (χ3v) is 5.07. The van der Waals surface area contributed by atoms with Crippen LogP contribution in [0.4, 0.5) is 5.69 Å². The van der Waals surface area contributed by atoms with Gasteiger partial charge >= 0.3 is 0 Å². The molecule has 8 heteroatoms. The number of hydrogen-bond acceptors (Lipinski definition) is 6. The van der Waals surface area contributed by atoms with Crippen molar-refractivity contribution in [3.05, 3.63) is 51.6 Å². The Balaban J connectivity index is 1.76. The topological polar surface area (TPSA) is 98.6 Å². The number of carbonyl (C=O) groups is 1. The number of nitrogens with zero attached hydrogens (tertiary/aromatic N) is 2. The number of thioether (sulfide) groups is 1. The Morgan fingerprint density at radius 1 is 1.42 bits per heavy atom. The van der Waals surface area contributed by atoms with E-state index in [0.717, 1.165) is 11.8 Å². The van der Waals surface area contributed by atoms with Gasteiger partial charge in [0, 0.05) is 0 Å². The van der Waals surface area contributed by atoms with E-state index in [2.05, 4.69) is 15.3 Å². The Morgan fingerprint density at radius 3 is 3.00 bits per heavy atom. The Kier molecular flexibility index (Phi) is 4.64. The molecule has 3 aromatic rings. The highest BCUT2D eigenvalue weighted by molar-refractivity contribution is 8.00. The maximum atomic E-state index is 12.3. The number of thiophene rings is 1. The van der Waals surface area contributed by atoms with Gasteiger partial charge in [-0.25, -0.2) is 4.98 Å². The first kappa shape index (κ1) is 16.2.